The number of sulfonamides is 1. The van der Waals surface area contributed by atoms with Gasteiger partial charge in [0.05, 0.1) is 5.25 Å². The van der Waals surface area contributed by atoms with Crippen molar-refractivity contribution in [3.05, 3.63) is 34.3 Å². The SMILES string of the molecule is CNS(=O)(=O)[C@H]1CCN(Cc2ccc(Cl)cc2C)C1. The van der Waals surface area contributed by atoms with Crippen molar-refractivity contribution < 1.29 is 8.42 Å². The summed E-state index contributed by atoms with van der Waals surface area (Å²) in [6.45, 7) is 4.21. The summed E-state index contributed by atoms with van der Waals surface area (Å²) in [6, 6.07) is 5.83. The zero-order valence-electron chi connectivity index (χ0n) is 11.2. The van der Waals surface area contributed by atoms with Gasteiger partial charge in [-0.15, -0.1) is 0 Å². The summed E-state index contributed by atoms with van der Waals surface area (Å²) in [5, 5.41) is 0.434. The van der Waals surface area contributed by atoms with E-state index in [2.05, 4.69) is 9.62 Å². The number of rotatable bonds is 4. The lowest BCUT2D eigenvalue weighted by atomic mass is 10.1. The summed E-state index contributed by atoms with van der Waals surface area (Å²) >= 11 is 5.93. The maximum Gasteiger partial charge on any atom is 0.215 e. The van der Waals surface area contributed by atoms with Crippen LogP contribution in [0.4, 0.5) is 0 Å². The van der Waals surface area contributed by atoms with Crippen molar-refractivity contribution >= 4 is 21.6 Å². The van der Waals surface area contributed by atoms with Gasteiger partial charge in [0.2, 0.25) is 10.0 Å². The lowest BCUT2D eigenvalue weighted by molar-refractivity contribution is 0.330. The Balaban J connectivity index is 2.03. The van der Waals surface area contributed by atoms with Crippen LogP contribution in [0.15, 0.2) is 18.2 Å². The van der Waals surface area contributed by atoms with Crippen LogP contribution < -0.4 is 4.72 Å². The fraction of sp³-hybridized carbons (Fsp3) is 0.538. The molecular weight excluding hydrogens is 284 g/mol. The average molecular weight is 303 g/mol. The van der Waals surface area contributed by atoms with Gasteiger partial charge in [-0.2, -0.15) is 0 Å². The first-order chi connectivity index (χ1) is 8.92. The van der Waals surface area contributed by atoms with Crippen molar-refractivity contribution in [2.75, 3.05) is 20.1 Å². The predicted molar refractivity (Wildman–Crippen MR) is 77.9 cm³/mol. The van der Waals surface area contributed by atoms with Gasteiger partial charge in [-0.25, -0.2) is 13.1 Å². The summed E-state index contributed by atoms with van der Waals surface area (Å²) < 4.78 is 25.9. The molecule has 6 heteroatoms. The van der Waals surface area contributed by atoms with Crippen LogP contribution in [0.5, 0.6) is 0 Å². The largest absolute Gasteiger partial charge is 0.298 e. The highest BCUT2D eigenvalue weighted by atomic mass is 35.5. The van der Waals surface area contributed by atoms with E-state index in [0.29, 0.717) is 13.0 Å². The predicted octanol–water partition coefficient (Wildman–Crippen LogP) is 1.77. The van der Waals surface area contributed by atoms with Gasteiger partial charge in [0.1, 0.15) is 0 Å². The zero-order chi connectivity index (χ0) is 14.0. The monoisotopic (exact) mass is 302 g/mol. The molecule has 2 rings (SSSR count). The molecule has 0 spiro atoms. The van der Waals surface area contributed by atoms with Crippen molar-refractivity contribution in [1.82, 2.24) is 9.62 Å². The quantitative estimate of drug-likeness (QED) is 0.922. The molecule has 0 unspecified atom stereocenters. The minimum absolute atomic E-state index is 0.301. The number of hydrogen-bond acceptors (Lipinski definition) is 3. The first-order valence-electron chi connectivity index (χ1n) is 6.32. The second-order valence-corrected chi connectivity index (χ2v) is 7.57. The molecule has 0 amide bonds. The van der Waals surface area contributed by atoms with Crippen LogP contribution in [0, 0.1) is 6.92 Å². The third-order valence-electron chi connectivity index (χ3n) is 3.65. The number of likely N-dealkylation sites (tertiary alicyclic amines) is 1. The Morgan fingerprint density at radius 2 is 2.21 bits per heavy atom. The molecule has 4 nitrogen and oxygen atoms in total. The van der Waals surface area contributed by atoms with Gasteiger partial charge in [-0.1, -0.05) is 17.7 Å². The molecule has 1 N–H and O–H groups in total. The van der Waals surface area contributed by atoms with Crippen LogP contribution >= 0.6 is 11.6 Å². The average Bonchev–Trinajstić information content (AvgIpc) is 2.82. The number of benzene rings is 1. The molecule has 1 aromatic rings. The minimum Gasteiger partial charge on any atom is -0.298 e. The van der Waals surface area contributed by atoms with E-state index in [4.69, 9.17) is 11.6 Å². The van der Waals surface area contributed by atoms with E-state index >= 15 is 0 Å². The van der Waals surface area contributed by atoms with Crippen molar-refractivity contribution in [1.29, 1.82) is 0 Å². The van der Waals surface area contributed by atoms with Gasteiger partial charge < -0.3 is 0 Å². The van der Waals surface area contributed by atoms with Crippen LogP contribution in [0.1, 0.15) is 17.5 Å². The van der Waals surface area contributed by atoms with Crippen LogP contribution in [0.3, 0.4) is 0 Å². The molecule has 0 aliphatic carbocycles. The fourth-order valence-corrected chi connectivity index (χ4v) is 3.82. The molecule has 19 heavy (non-hydrogen) atoms. The summed E-state index contributed by atoms with van der Waals surface area (Å²) in [4.78, 5) is 2.18. The Kier molecular flexibility index (Phi) is 4.50. The van der Waals surface area contributed by atoms with Gasteiger partial charge in [-0.3, -0.25) is 4.90 Å². The lowest BCUT2D eigenvalue weighted by Crippen LogP contribution is -2.34. The van der Waals surface area contributed by atoms with Crippen LogP contribution in [-0.2, 0) is 16.6 Å². The molecule has 0 radical (unpaired) electrons. The lowest BCUT2D eigenvalue weighted by Gasteiger charge is -2.17. The van der Waals surface area contributed by atoms with Crippen LogP contribution in [0.2, 0.25) is 5.02 Å². The molecule has 1 aromatic carbocycles. The molecular formula is C13H19ClN2O2S. The zero-order valence-corrected chi connectivity index (χ0v) is 12.8. The standard InChI is InChI=1S/C13H19ClN2O2S/c1-10-7-12(14)4-3-11(10)8-16-6-5-13(9-16)19(17,18)15-2/h3-4,7,13,15H,5-6,8-9H2,1-2H3/t13-/m0/s1. The Bertz CT molecular complexity index is 560. The van der Waals surface area contributed by atoms with E-state index in [0.717, 1.165) is 23.7 Å². The molecule has 1 atom stereocenters. The van der Waals surface area contributed by atoms with Crippen molar-refractivity contribution in [2.24, 2.45) is 0 Å². The summed E-state index contributed by atoms with van der Waals surface area (Å²) in [5.41, 5.74) is 2.35. The first kappa shape index (κ1) is 14.8. The fourth-order valence-electron chi connectivity index (χ4n) is 2.44. The Morgan fingerprint density at radius 3 is 2.84 bits per heavy atom. The van der Waals surface area contributed by atoms with E-state index in [1.54, 1.807) is 0 Å². The van der Waals surface area contributed by atoms with Crippen molar-refractivity contribution in [3.8, 4) is 0 Å². The summed E-state index contributed by atoms with van der Waals surface area (Å²) in [5.74, 6) is 0. The van der Waals surface area contributed by atoms with E-state index in [9.17, 15) is 8.42 Å². The normalized spacial score (nSPS) is 20.9. The van der Waals surface area contributed by atoms with Gasteiger partial charge >= 0.3 is 0 Å². The minimum atomic E-state index is -3.15. The number of nitrogens with zero attached hydrogens (tertiary/aromatic N) is 1. The summed E-state index contributed by atoms with van der Waals surface area (Å²) in [7, 11) is -1.68. The molecule has 0 aromatic heterocycles. The number of hydrogen-bond donors (Lipinski definition) is 1. The number of aryl methyl sites for hydroxylation is 1. The van der Waals surface area contributed by atoms with Crippen molar-refractivity contribution in [2.45, 2.75) is 25.1 Å². The molecule has 1 aliphatic heterocycles. The third-order valence-corrected chi connectivity index (χ3v) is 5.72. The third kappa shape index (κ3) is 3.48. The Labute approximate surface area is 119 Å². The number of halogens is 1. The topological polar surface area (TPSA) is 49.4 Å². The van der Waals surface area contributed by atoms with Gasteiger partial charge in [0, 0.05) is 18.1 Å². The maximum atomic E-state index is 11.8. The Morgan fingerprint density at radius 1 is 1.47 bits per heavy atom. The van der Waals surface area contributed by atoms with Crippen molar-refractivity contribution in [3.63, 3.8) is 0 Å². The Hall–Kier alpha value is -0.620. The van der Waals surface area contributed by atoms with E-state index in [1.165, 1.54) is 12.6 Å². The van der Waals surface area contributed by atoms with Gasteiger partial charge in [-0.05, 0) is 50.2 Å². The molecule has 1 heterocycles. The van der Waals surface area contributed by atoms with Gasteiger partial charge in [0.25, 0.3) is 0 Å². The second-order valence-electron chi connectivity index (χ2n) is 4.97. The first-order valence-corrected chi connectivity index (χ1v) is 8.24. The van der Waals surface area contributed by atoms with Crippen LogP contribution in [0.25, 0.3) is 0 Å². The molecule has 106 valence electrons. The maximum absolute atomic E-state index is 11.8. The molecule has 0 saturated carbocycles. The van der Waals surface area contributed by atoms with E-state index < -0.39 is 10.0 Å². The molecule has 1 aliphatic rings. The molecule has 1 saturated heterocycles. The van der Waals surface area contributed by atoms with E-state index in [-0.39, 0.29) is 5.25 Å². The molecule has 0 bridgehead atoms. The smallest absolute Gasteiger partial charge is 0.215 e. The van der Waals surface area contributed by atoms with Gasteiger partial charge in [0.15, 0.2) is 0 Å². The highest BCUT2D eigenvalue weighted by Crippen LogP contribution is 2.21. The number of nitrogens with one attached hydrogen (secondary N) is 1. The second kappa shape index (κ2) is 5.79. The highest BCUT2D eigenvalue weighted by molar-refractivity contribution is 7.90. The highest BCUT2D eigenvalue weighted by Gasteiger charge is 2.31. The molecule has 1 fully saturated rings. The van der Waals surface area contributed by atoms with E-state index in [1.807, 2.05) is 25.1 Å². The summed E-state index contributed by atoms with van der Waals surface area (Å²) in [6.07, 6.45) is 0.690. The van der Waals surface area contributed by atoms with Crippen LogP contribution in [-0.4, -0.2) is 38.7 Å².